The van der Waals surface area contributed by atoms with Crippen molar-refractivity contribution in [2.75, 3.05) is 9.80 Å². The summed E-state index contributed by atoms with van der Waals surface area (Å²) in [5, 5.41) is 2.20. The third-order valence-electron chi connectivity index (χ3n) is 15.1. The fourth-order valence-electron chi connectivity index (χ4n) is 10.3. The van der Waals surface area contributed by atoms with Gasteiger partial charge in [0.1, 0.15) is 5.82 Å². The Morgan fingerprint density at radius 2 is 1.05 bits per heavy atom. The average molecular weight is 1160 g/mol. The molecule has 0 aliphatic carbocycles. The van der Waals surface area contributed by atoms with Gasteiger partial charge in [0.2, 0.25) is 0 Å². The van der Waals surface area contributed by atoms with E-state index in [4.69, 9.17) is 9.72 Å². The Morgan fingerprint density at radius 1 is 0.453 bits per heavy atom. The van der Waals surface area contributed by atoms with Crippen LogP contribution in [-0.4, -0.2) is 9.55 Å². The van der Waals surface area contributed by atoms with Crippen LogP contribution in [0.2, 0.25) is 0 Å². The molecule has 5 nitrogen and oxygen atoms in total. The van der Waals surface area contributed by atoms with E-state index in [1.54, 1.807) is 0 Å². The molecule has 0 spiro atoms. The van der Waals surface area contributed by atoms with Crippen LogP contribution in [0.1, 0.15) is 103 Å². The summed E-state index contributed by atoms with van der Waals surface area (Å²) in [7, 11) is 0. The maximum atomic E-state index is 6.81. The van der Waals surface area contributed by atoms with Crippen LogP contribution < -0.4 is 14.5 Å². The Morgan fingerprint density at radius 3 is 1.68 bits per heavy atom. The van der Waals surface area contributed by atoms with Gasteiger partial charge in [-0.1, -0.05) is 190 Å². The SMILES string of the molecule is CC(C)(C)c1ccnc(-n2c3[c-]c(Oc4[c-]c(N5[CH-]N(c6cc(C(C)(C)c7ccccc7)cc(C(C)(C)c7ccccc7)c6)c6ccc(C(C)(C)C)cc65)ccc4)ccc3c3cc(-c4ccccc4)ccc32)c1.[CH3-].[Pt+4]. The number of rotatable bonds is 10. The topological polar surface area (TPSA) is 33.5 Å². The largest absolute Gasteiger partial charge is 4.00 e. The zero-order chi connectivity index (χ0) is 50.9. The molecule has 0 saturated carbocycles. The first-order valence-electron chi connectivity index (χ1n) is 25.5. The Hall–Kier alpha value is -7.20. The van der Waals surface area contributed by atoms with E-state index in [-0.39, 0.29) is 50.2 Å². The summed E-state index contributed by atoms with van der Waals surface area (Å²) in [4.78, 5) is 9.57. The van der Waals surface area contributed by atoms with Gasteiger partial charge in [0.25, 0.3) is 0 Å². The first kappa shape index (κ1) is 52.7. The molecule has 0 saturated heterocycles. The van der Waals surface area contributed by atoms with E-state index in [1.807, 2.05) is 18.3 Å². The zero-order valence-electron chi connectivity index (χ0n) is 45.1. The molecule has 2 aromatic heterocycles. The predicted molar refractivity (Wildman–Crippen MR) is 311 cm³/mol. The summed E-state index contributed by atoms with van der Waals surface area (Å²) in [6.45, 7) is 25.1. The van der Waals surface area contributed by atoms with Gasteiger partial charge < -0.3 is 26.5 Å². The maximum absolute atomic E-state index is 6.81. The van der Waals surface area contributed by atoms with E-state index in [0.717, 1.165) is 55.9 Å². The van der Waals surface area contributed by atoms with Crippen molar-refractivity contribution in [2.45, 2.75) is 90.9 Å². The average Bonchev–Trinajstić information content (AvgIpc) is 3.94. The number of ether oxygens (including phenoxy) is 1. The molecule has 0 fully saturated rings. The van der Waals surface area contributed by atoms with Crippen molar-refractivity contribution in [3.63, 3.8) is 0 Å². The van der Waals surface area contributed by atoms with Crippen LogP contribution in [0.15, 0.2) is 194 Å². The van der Waals surface area contributed by atoms with Crippen LogP contribution in [0.4, 0.5) is 22.7 Å². The maximum Gasteiger partial charge on any atom is 4.00 e. The minimum absolute atomic E-state index is 0. The predicted octanol–water partition coefficient (Wildman–Crippen LogP) is 18.3. The van der Waals surface area contributed by atoms with Gasteiger partial charge in [-0.2, -0.15) is 12.1 Å². The molecular formula is C69H66N4OPt. The fourth-order valence-corrected chi connectivity index (χ4v) is 10.3. The molecule has 1 aliphatic rings. The first-order valence-corrected chi connectivity index (χ1v) is 25.5. The van der Waals surface area contributed by atoms with Crippen molar-refractivity contribution in [3.05, 3.63) is 254 Å². The number of hydrogen-bond donors (Lipinski definition) is 0. The zero-order valence-corrected chi connectivity index (χ0v) is 47.3. The summed E-state index contributed by atoms with van der Waals surface area (Å²) in [5.74, 6) is 2.03. The van der Waals surface area contributed by atoms with Gasteiger partial charge in [-0.15, -0.1) is 48.1 Å². The molecular weight excluding hydrogens is 1100 g/mol. The van der Waals surface area contributed by atoms with Crippen LogP contribution in [0.5, 0.6) is 11.5 Å². The number of hydrogen-bond acceptors (Lipinski definition) is 4. The van der Waals surface area contributed by atoms with E-state index in [1.165, 1.54) is 38.9 Å². The van der Waals surface area contributed by atoms with E-state index in [2.05, 4.69) is 278 Å². The number of benzene rings is 8. The monoisotopic (exact) mass is 1160 g/mol. The van der Waals surface area contributed by atoms with Gasteiger partial charge in [0, 0.05) is 51.1 Å². The molecule has 0 atom stereocenters. The Bertz CT molecular complexity index is 3590. The molecule has 378 valence electrons. The van der Waals surface area contributed by atoms with Gasteiger partial charge in [-0.25, -0.2) is 4.98 Å². The van der Waals surface area contributed by atoms with Crippen molar-refractivity contribution in [1.82, 2.24) is 9.55 Å². The van der Waals surface area contributed by atoms with Crippen LogP contribution in [-0.2, 0) is 42.7 Å². The molecule has 1 aliphatic heterocycles. The van der Waals surface area contributed by atoms with Crippen molar-refractivity contribution in [1.29, 1.82) is 0 Å². The van der Waals surface area contributed by atoms with Gasteiger partial charge >= 0.3 is 21.1 Å². The van der Waals surface area contributed by atoms with Gasteiger partial charge in [0.05, 0.1) is 0 Å². The molecule has 75 heavy (non-hydrogen) atoms. The molecule has 0 unspecified atom stereocenters. The fraction of sp³-hybridized carbons (Fsp3) is 0.203. The molecule has 10 aromatic rings. The van der Waals surface area contributed by atoms with Gasteiger partial charge in [-0.3, -0.25) is 0 Å². The third-order valence-corrected chi connectivity index (χ3v) is 15.1. The van der Waals surface area contributed by atoms with E-state index in [9.17, 15) is 0 Å². The molecule has 0 bridgehead atoms. The van der Waals surface area contributed by atoms with Crippen LogP contribution in [0.3, 0.4) is 0 Å². The Kier molecular flexibility index (Phi) is 14.1. The quantitative estimate of drug-likeness (QED) is 0.128. The van der Waals surface area contributed by atoms with E-state index < -0.39 is 0 Å². The number of pyridine rings is 1. The number of fused-ring (bicyclic) bond motifs is 4. The summed E-state index contributed by atoms with van der Waals surface area (Å²) in [6, 6.07) is 75.1. The van der Waals surface area contributed by atoms with Crippen molar-refractivity contribution in [2.24, 2.45) is 0 Å². The minimum Gasteiger partial charge on any atom is -0.509 e. The standard InChI is InChI=1S/C68H63N4O.CH3.Pt/c1-65(2,3)50-30-34-61-63(41-50)70(45-71(61)55-39-52(67(7,8)48-23-16-12-17-24-48)38-53(40-55)68(9,10)49-25-18-13-19-26-49)54-27-20-28-56(43-54)73-57-31-32-58-59-37-47(46-21-14-11-15-22-46)29-33-60(59)72(62(58)44-57)64-42-51(35-36-69-64)66(4,5)6;;/h11-42,45H,1-10H3;1H3;/q-3;-1;+4. The minimum atomic E-state index is -0.275. The Labute approximate surface area is 460 Å². The van der Waals surface area contributed by atoms with E-state index in [0.29, 0.717) is 11.5 Å². The molecule has 6 heteroatoms. The normalized spacial score (nSPS) is 12.9. The van der Waals surface area contributed by atoms with Crippen molar-refractivity contribution < 1.29 is 25.8 Å². The summed E-state index contributed by atoms with van der Waals surface area (Å²) >= 11 is 0. The second kappa shape index (κ2) is 20.2. The third kappa shape index (κ3) is 9.96. The smallest absolute Gasteiger partial charge is 0.509 e. The molecule has 11 rings (SSSR count). The van der Waals surface area contributed by atoms with E-state index >= 15 is 0 Å². The Balaban J connectivity index is 0.00000344. The number of aromatic nitrogens is 2. The first-order chi connectivity index (χ1) is 34.9. The van der Waals surface area contributed by atoms with Crippen molar-refractivity contribution >= 4 is 44.6 Å². The van der Waals surface area contributed by atoms with Gasteiger partial charge in [-0.05, 0) is 103 Å². The molecule has 0 radical (unpaired) electrons. The van der Waals surface area contributed by atoms with Crippen LogP contribution in [0, 0.1) is 26.2 Å². The number of nitrogens with zero attached hydrogens (tertiary/aromatic N) is 4. The second-order valence-electron chi connectivity index (χ2n) is 22.7. The second-order valence-corrected chi connectivity index (χ2v) is 22.7. The molecule has 8 aromatic carbocycles. The van der Waals surface area contributed by atoms with Crippen molar-refractivity contribution in [3.8, 4) is 28.4 Å². The number of anilines is 4. The van der Waals surface area contributed by atoms with Crippen LogP contribution in [0.25, 0.3) is 38.8 Å². The summed E-state index contributed by atoms with van der Waals surface area (Å²) < 4.78 is 9.04. The van der Waals surface area contributed by atoms with Crippen LogP contribution >= 0.6 is 0 Å². The summed E-state index contributed by atoms with van der Waals surface area (Å²) in [5.41, 5.74) is 15.2. The summed E-state index contributed by atoms with van der Waals surface area (Å²) in [6.07, 6.45) is 1.92. The molecule has 0 N–H and O–H groups in total. The molecule has 3 heterocycles. The van der Waals surface area contributed by atoms with Gasteiger partial charge in [0.15, 0.2) is 0 Å². The molecule has 0 amide bonds.